The Morgan fingerprint density at radius 1 is 1.69 bits per heavy atom. The molecule has 0 aromatic carbocycles. The van der Waals surface area contributed by atoms with Crippen molar-refractivity contribution in [3.8, 4) is 6.07 Å². The third-order valence-corrected chi connectivity index (χ3v) is 2.55. The van der Waals surface area contributed by atoms with Gasteiger partial charge in [-0.1, -0.05) is 0 Å². The zero-order valence-corrected chi connectivity index (χ0v) is 7.57. The van der Waals surface area contributed by atoms with Crippen LogP contribution in [0.4, 0.5) is 5.69 Å². The van der Waals surface area contributed by atoms with Gasteiger partial charge in [0.25, 0.3) is 0 Å². The molecule has 66 valence electrons. The highest BCUT2D eigenvalue weighted by Crippen LogP contribution is 2.27. The van der Waals surface area contributed by atoms with Crippen LogP contribution < -0.4 is 4.90 Å². The molecule has 13 heavy (non-hydrogen) atoms. The third kappa shape index (κ3) is 1.25. The predicted octanol–water partition coefficient (Wildman–Crippen LogP) is 1.55. The summed E-state index contributed by atoms with van der Waals surface area (Å²) in [7, 11) is 0. The van der Waals surface area contributed by atoms with Crippen molar-refractivity contribution >= 4 is 5.69 Å². The zero-order valence-electron chi connectivity index (χ0n) is 7.57. The van der Waals surface area contributed by atoms with E-state index in [1.165, 1.54) is 6.42 Å². The van der Waals surface area contributed by atoms with Crippen molar-refractivity contribution in [3.05, 3.63) is 24.0 Å². The van der Waals surface area contributed by atoms with Crippen LogP contribution in [0.1, 0.15) is 18.9 Å². The maximum atomic E-state index is 8.86. The molecule has 3 nitrogen and oxygen atoms in total. The summed E-state index contributed by atoms with van der Waals surface area (Å²) in [5, 5.41) is 8.86. The van der Waals surface area contributed by atoms with Gasteiger partial charge in [-0.3, -0.25) is 4.98 Å². The molecule has 1 fully saturated rings. The number of nitrogens with zero attached hydrogens (tertiary/aromatic N) is 3. The predicted molar refractivity (Wildman–Crippen MR) is 50.4 cm³/mol. The van der Waals surface area contributed by atoms with E-state index in [0.29, 0.717) is 11.6 Å². The molecule has 1 aromatic rings. The number of hydrogen-bond donors (Lipinski definition) is 0. The van der Waals surface area contributed by atoms with Crippen LogP contribution in [0.3, 0.4) is 0 Å². The minimum Gasteiger partial charge on any atom is -0.368 e. The largest absolute Gasteiger partial charge is 0.368 e. The Balaban J connectivity index is 2.34. The molecule has 3 heteroatoms. The van der Waals surface area contributed by atoms with Gasteiger partial charge < -0.3 is 4.90 Å². The molecule has 1 aromatic heterocycles. The molecule has 2 heterocycles. The van der Waals surface area contributed by atoms with E-state index in [0.717, 1.165) is 12.2 Å². The minimum absolute atomic E-state index is 0.564. The molecule has 2 rings (SSSR count). The summed E-state index contributed by atoms with van der Waals surface area (Å²) >= 11 is 0. The Morgan fingerprint density at radius 3 is 3.08 bits per heavy atom. The number of pyridine rings is 1. The van der Waals surface area contributed by atoms with E-state index in [-0.39, 0.29) is 0 Å². The Hall–Kier alpha value is -1.56. The lowest BCUT2D eigenvalue weighted by atomic mass is 10.0. The monoisotopic (exact) mass is 173 g/mol. The molecular formula is C10H11N3. The number of rotatable bonds is 1. The number of nitriles is 1. The molecule has 1 saturated heterocycles. The van der Waals surface area contributed by atoms with E-state index < -0.39 is 0 Å². The third-order valence-electron chi connectivity index (χ3n) is 2.55. The SMILES string of the molecule is CC1CCN1c1ccncc1C#N. The van der Waals surface area contributed by atoms with Crippen molar-refractivity contribution in [2.75, 3.05) is 11.4 Å². The van der Waals surface area contributed by atoms with Gasteiger partial charge in [0.15, 0.2) is 0 Å². The molecule has 1 aliphatic rings. The van der Waals surface area contributed by atoms with Crippen LogP contribution in [0.2, 0.25) is 0 Å². The van der Waals surface area contributed by atoms with Crippen molar-refractivity contribution in [1.29, 1.82) is 5.26 Å². The standard InChI is InChI=1S/C10H11N3/c1-8-3-5-13(8)10-2-4-12-7-9(10)6-11/h2,4,7-8H,3,5H2,1H3. The molecule has 0 spiro atoms. The zero-order chi connectivity index (χ0) is 9.26. The Morgan fingerprint density at radius 2 is 2.54 bits per heavy atom. The van der Waals surface area contributed by atoms with Gasteiger partial charge >= 0.3 is 0 Å². The van der Waals surface area contributed by atoms with Crippen molar-refractivity contribution in [2.45, 2.75) is 19.4 Å². The van der Waals surface area contributed by atoms with Gasteiger partial charge in [-0.2, -0.15) is 5.26 Å². The highest BCUT2D eigenvalue weighted by Gasteiger charge is 2.25. The van der Waals surface area contributed by atoms with Gasteiger partial charge in [-0.15, -0.1) is 0 Å². The van der Waals surface area contributed by atoms with Crippen molar-refractivity contribution in [1.82, 2.24) is 4.98 Å². The van der Waals surface area contributed by atoms with Crippen LogP contribution in [0.15, 0.2) is 18.5 Å². The Bertz CT molecular complexity index is 353. The lowest BCUT2D eigenvalue weighted by Gasteiger charge is -2.41. The maximum Gasteiger partial charge on any atom is 0.103 e. The minimum atomic E-state index is 0.564. The van der Waals surface area contributed by atoms with Gasteiger partial charge in [-0.05, 0) is 19.4 Å². The van der Waals surface area contributed by atoms with E-state index >= 15 is 0 Å². The lowest BCUT2D eigenvalue weighted by molar-refractivity contribution is 0.481. The van der Waals surface area contributed by atoms with E-state index in [1.807, 2.05) is 6.07 Å². The summed E-state index contributed by atoms with van der Waals surface area (Å²) in [5.74, 6) is 0. The quantitative estimate of drug-likeness (QED) is 0.647. The number of aromatic nitrogens is 1. The smallest absolute Gasteiger partial charge is 0.103 e. The van der Waals surface area contributed by atoms with Crippen LogP contribution in [-0.4, -0.2) is 17.6 Å². The van der Waals surface area contributed by atoms with Crippen LogP contribution in [0.5, 0.6) is 0 Å². The molecule has 0 bridgehead atoms. The second kappa shape index (κ2) is 3.06. The fourth-order valence-electron chi connectivity index (χ4n) is 1.60. The summed E-state index contributed by atoms with van der Waals surface area (Å²) in [6, 6.07) is 4.64. The van der Waals surface area contributed by atoms with Crippen LogP contribution in [-0.2, 0) is 0 Å². The van der Waals surface area contributed by atoms with E-state index in [4.69, 9.17) is 5.26 Å². The fourth-order valence-corrected chi connectivity index (χ4v) is 1.60. The molecule has 1 atom stereocenters. The molecule has 1 unspecified atom stereocenters. The highest BCUT2D eigenvalue weighted by molar-refractivity contribution is 5.59. The first-order chi connectivity index (χ1) is 6.33. The fraction of sp³-hybridized carbons (Fsp3) is 0.400. The van der Waals surface area contributed by atoms with E-state index in [2.05, 4.69) is 22.9 Å². The van der Waals surface area contributed by atoms with Crippen molar-refractivity contribution < 1.29 is 0 Å². The van der Waals surface area contributed by atoms with Gasteiger partial charge in [0.2, 0.25) is 0 Å². The van der Waals surface area contributed by atoms with Gasteiger partial charge in [0, 0.05) is 25.0 Å². The summed E-state index contributed by atoms with van der Waals surface area (Å²) in [6.45, 7) is 3.23. The maximum absolute atomic E-state index is 8.86. The molecule has 1 aliphatic heterocycles. The molecule has 0 N–H and O–H groups in total. The van der Waals surface area contributed by atoms with Crippen LogP contribution in [0.25, 0.3) is 0 Å². The Labute approximate surface area is 77.6 Å². The first-order valence-corrected chi connectivity index (χ1v) is 4.43. The second-order valence-corrected chi connectivity index (χ2v) is 3.34. The van der Waals surface area contributed by atoms with Crippen LogP contribution >= 0.6 is 0 Å². The molecule has 0 radical (unpaired) electrons. The topological polar surface area (TPSA) is 39.9 Å². The van der Waals surface area contributed by atoms with Gasteiger partial charge in [0.1, 0.15) is 6.07 Å². The van der Waals surface area contributed by atoms with E-state index in [9.17, 15) is 0 Å². The summed E-state index contributed by atoms with van der Waals surface area (Å²) in [4.78, 5) is 6.17. The molecule has 0 aliphatic carbocycles. The normalized spacial score (nSPS) is 20.6. The lowest BCUT2D eigenvalue weighted by Crippen LogP contribution is -2.46. The first kappa shape index (κ1) is 8.06. The molecule has 0 amide bonds. The highest BCUT2D eigenvalue weighted by atomic mass is 15.2. The average Bonchev–Trinajstić information content (AvgIpc) is 2.16. The van der Waals surface area contributed by atoms with Gasteiger partial charge in [0.05, 0.1) is 11.3 Å². The average molecular weight is 173 g/mol. The second-order valence-electron chi connectivity index (χ2n) is 3.34. The first-order valence-electron chi connectivity index (χ1n) is 4.43. The van der Waals surface area contributed by atoms with Crippen molar-refractivity contribution in [2.24, 2.45) is 0 Å². The number of hydrogen-bond acceptors (Lipinski definition) is 3. The summed E-state index contributed by atoms with van der Waals surface area (Å²) in [5.41, 5.74) is 1.70. The van der Waals surface area contributed by atoms with Gasteiger partial charge in [-0.25, -0.2) is 0 Å². The summed E-state index contributed by atoms with van der Waals surface area (Å²) < 4.78 is 0. The van der Waals surface area contributed by atoms with Crippen molar-refractivity contribution in [3.63, 3.8) is 0 Å². The Kier molecular flexibility index (Phi) is 1.90. The molecular weight excluding hydrogens is 162 g/mol. The van der Waals surface area contributed by atoms with Crippen LogP contribution in [0, 0.1) is 11.3 Å². The number of anilines is 1. The summed E-state index contributed by atoms with van der Waals surface area (Å²) in [6.07, 6.45) is 4.58. The molecule has 0 saturated carbocycles. The van der Waals surface area contributed by atoms with E-state index in [1.54, 1.807) is 12.4 Å².